The van der Waals surface area contributed by atoms with Gasteiger partial charge in [-0.2, -0.15) is 8.42 Å². The molecule has 1 N–H and O–H groups in total. The second-order valence-corrected chi connectivity index (χ2v) is 6.15. The first-order valence-electron chi connectivity index (χ1n) is 5.70. The van der Waals surface area contributed by atoms with Gasteiger partial charge in [-0.1, -0.05) is 42.5 Å². The zero-order valence-electron chi connectivity index (χ0n) is 11.6. The summed E-state index contributed by atoms with van der Waals surface area (Å²) >= 11 is 0. The summed E-state index contributed by atoms with van der Waals surface area (Å²) in [6.07, 6.45) is 3.64. The Labute approximate surface area is 162 Å². The predicted molar refractivity (Wildman–Crippen MR) is 83.5 cm³/mol. The maximum Gasteiger partial charge on any atom is 0.271 e. The van der Waals surface area contributed by atoms with Crippen LogP contribution in [-0.2, 0) is 16.5 Å². The predicted octanol–water partition coefficient (Wildman–Crippen LogP) is 1.90. The fraction of sp³-hybridized carbons (Fsp3) is 0.143. The van der Waals surface area contributed by atoms with Crippen LogP contribution in [0.15, 0.2) is 42.5 Å². The molecule has 2 radical (unpaired) electrons. The molecule has 0 heterocycles. The van der Waals surface area contributed by atoms with Crippen LogP contribution < -0.4 is 0 Å². The van der Waals surface area contributed by atoms with Crippen LogP contribution >= 0.6 is 0 Å². The van der Waals surface area contributed by atoms with Crippen molar-refractivity contribution in [2.45, 2.75) is 11.7 Å². The van der Waals surface area contributed by atoms with Crippen molar-refractivity contribution in [3.63, 3.8) is 0 Å². The van der Waals surface area contributed by atoms with Crippen LogP contribution in [0.3, 0.4) is 0 Å². The molecule has 0 bridgehead atoms. The van der Waals surface area contributed by atoms with E-state index in [1.165, 1.54) is 0 Å². The van der Waals surface area contributed by atoms with Gasteiger partial charge >= 0.3 is 0 Å². The Morgan fingerprint density at radius 2 is 1.65 bits per heavy atom. The van der Waals surface area contributed by atoms with E-state index in [0.717, 1.165) is 21.9 Å². The van der Waals surface area contributed by atoms with Crippen molar-refractivity contribution < 1.29 is 13.0 Å². The van der Waals surface area contributed by atoms with Gasteiger partial charge < -0.3 is 0 Å². The average molecular weight is 306 g/mol. The minimum Gasteiger partial charge on any atom is -0.285 e. The first-order chi connectivity index (χ1) is 8.54. The summed E-state index contributed by atoms with van der Waals surface area (Å²) in [5, 5.41) is 1.39. The summed E-state index contributed by atoms with van der Waals surface area (Å²) < 4.78 is 31.4. The molecule has 94 valence electrons. The molecule has 1 aliphatic rings. The quantitative estimate of drug-likeness (QED) is 0.647. The summed E-state index contributed by atoms with van der Waals surface area (Å²) in [7, 11) is -4.01. The van der Waals surface area contributed by atoms with Crippen LogP contribution in [0.4, 0.5) is 0 Å². The standard InChI is InChI=1S/C14H12O3S.2Na/c15-18(16,17)14-6-5-12-7-10-3-1-2-4-11(10)8-13(12)9-14;;/h1-8,14H,9H2,(H,15,16,17);;. The Morgan fingerprint density at radius 1 is 1.05 bits per heavy atom. The first-order valence-corrected chi connectivity index (χ1v) is 7.20. The maximum absolute atomic E-state index is 11.2. The molecule has 0 amide bonds. The van der Waals surface area contributed by atoms with Crippen molar-refractivity contribution in [3.8, 4) is 0 Å². The van der Waals surface area contributed by atoms with Crippen LogP contribution in [0.25, 0.3) is 16.8 Å². The molecule has 0 saturated heterocycles. The fourth-order valence-corrected chi connectivity index (χ4v) is 3.00. The van der Waals surface area contributed by atoms with Crippen LogP contribution in [-0.4, -0.2) is 77.3 Å². The average Bonchev–Trinajstić information content (AvgIpc) is 2.34. The summed E-state index contributed by atoms with van der Waals surface area (Å²) in [5.74, 6) is 0. The molecule has 2 aromatic rings. The Bertz CT molecular complexity index is 754. The molecule has 0 aliphatic heterocycles. The van der Waals surface area contributed by atoms with Crippen molar-refractivity contribution in [2.24, 2.45) is 0 Å². The largest absolute Gasteiger partial charge is 0.285 e. The molecule has 3 rings (SSSR count). The van der Waals surface area contributed by atoms with Crippen molar-refractivity contribution >= 4 is 86.1 Å². The molecule has 1 atom stereocenters. The smallest absolute Gasteiger partial charge is 0.271 e. The Hall–Kier alpha value is 0.350. The summed E-state index contributed by atoms with van der Waals surface area (Å²) in [4.78, 5) is 0. The zero-order chi connectivity index (χ0) is 12.8. The van der Waals surface area contributed by atoms with Gasteiger partial charge in [0.15, 0.2) is 0 Å². The topological polar surface area (TPSA) is 54.4 Å². The monoisotopic (exact) mass is 306 g/mol. The fourth-order valence-electron chi connectivity index (χ4n) is 2.34. The minimum absolute atomic E-state index is 0. The van der Waals surface area contributed by atoms with E-state index in [0.29, 0.717) is 6.42 Å². The molecule has 6 heteroatoms. The molecule has 2 aromatic carbocycles. The van der Waals surface area contributed by atoms with Gasteiger partial charge in [-0.15, -0.1) is 0 Å². The Balaban J connectivity index is 0.000001000. The van der Waals surface area contributed by atoms with E-state index in [1.807, 2.05) is 36.4 Å². The van der Waals surface area contributed by atoms with E-state index in [-0.39, 0.29) is 59.1 Å². The molecule has 1 unspecified atom stereocenters. The van der Waals surface area contributed by atoms with Crippen molar-refractivity contribution in [3.05, 3.63) is 53.6 Å². The van der Waals surface area contributed by atoms with Gasteiger partial charge in [0, 0.05) is 59.1 Å². The van der Waals surface area contributed by atoms with E-state index >= 15 is 0 Å². The molecule has 20 heavy (non-hydrogen) atoms. The summed E-state index contributed by atoms with van der Waals surface area (Å²) in [5.41, 5.74) is 1.98. The van der Waals surface area contributed by atoms with E-state index < -0.39 is 15.4 Å². The van der Waals surface area contributed by atoms with E-state index in [4.69, 9.17) is 4.55 Å². The van der Waals surface area contributed by atoms with E-state index in [9.17, 15) is 8.42 Å². The second kappa shape index (κ2) is 7.07. The maximum atomic E-state index is 11.2. The molecule has 3 nitrogen and oxygen atoms in total. The van der Waals surface area contributed by atoms with Gasteiger partial charge in [0.1, 0.15) is 5.25 Å². The summed E-state index contributed by atoms with van der Waals surface area (Å²) in [6, 6.07) is 12.0. The third-order valence-corrected chi connectivity index (χ3v) is 4.39. The molecular formula is C14H12Na2O3S. The first kappa shape index (κ1) is 18.4. The van der Waals surface area contributed by atoms with Gasteiger partial charge in [0.25, 0.3) is 10.1 Å². The third kappa shape index (κ3) is 3.76. The van der Waals surface area contributed by atoms with Gasteiger partial charge in [-0.3, -0.25) is 4.55 Å². The Morgan fingerprint density at radius 3 is 2.25 bits per heavy atom. The SMILES string of the molecule is O=S(=O)(O)C1C=Cc2cc3ccccc3cc2C1.[Na].[Na]. The van der Waals surface area contributed by atoms with Crippen molar-refractivity contribution in [1.82, 2.24) is 0 Å². The molecule has 0 saturated carbocycles. The van der Waals surface area contributed by atoms with Crippen LogP contribution in [0.5, 0.6) is 0 Å². The van der Waals surface area contributed by atoms with Crippen molar-refractivity contribution in [2.75, 3.05) is 0 Å². The number of benzene rings is 2. The van der Waals surface area contributed by atoms with Gasteiger partial charge in [-0.25, -0.2) is 0 Å². The minimum atomic E-state index is -4.01. The number of fused-ring (bicyclic) bond motifs is 2. The number of rotatable bonds is 1. The van der Waals surface area contributed by atoms with Crippen LogP contribution in [0.2, 0.25) is 0 Å². The van der Waals surface area contributed by atoms with E-state index in [2.05, 4.69) is 0 Å². The van der Waals surface area contributed by atoms with E-state index in [1.54, 1.807) is 12.2 Å². The van der Waals surface area contributed by atoms with Gasteiger partial charge in [0.05, 0.1) is 0 Å². The van der Waals surface area contributed by atoms with Crippen LogP contribution in [0.1, 0.15) is 11.1 Å². The van der Waals surface area contributed by atoms with Gasteiger partial charge in [-0.05, 0) is 34.4 Å². The molecule has 0 aromatic heterocycles. The number of hydrogen-bond donors (Lipinski definition) is 1. The van der Waals surface area contributed by atoms with Gasteiger partial charge in [0.2, 0.25) is 0 Å². The number of hydrogen-bond acceptors (Lipinski definition) is 2. The molecule has 0 spiro atoms. The second-order valence-electron chi connectivity index (χ2n) is 4.51. The normalized spacial score (nSPS) is 16.9. The molecular weight excluding hydrogens is 294 g/mol. The molecule has 1 aliphatic carbocycles. The Kier molecular flexibility index (Phi) is 6.51. The molecule has 0 fully saturated rings. The third-order valence-electron chi connectivity index (χ3n) is 3.30. The van der Waals surface area contributed by atoms with Crippen LogP contribution in [0, 0.1) is 0 Å². The van der Waals surface area contributed by atoms with Crippen molar-refractivity contribution in [1.29, 1.82) is 0 Å². The summed E-state index contributed by atoms with van der Waals surface area (Å²) in [6.45, 7) is 0. The zero-order valence-corrected chi connectivity index (χ0v) is 16.4.